The number of alkyl halides is 1. The van der Waals surface area contributed by atoms with Crippen molar-refractivity contribution in [3.05, 3.63) is 23.9 Å². The molecular formula is C18H21FN4O2. The zero-order chi connectivity index (χ0) is 17.6. The number of aromatic nitrogens is 2. The number of amides is 2. The van der Waals surface area contributed by atoms with Gasteiger partial charge in [0.2, 0.25) is 11.8 Å². The van der Waals surface area contributed by atoms with E-state index in [-0.39, 0.29) is 11.8 Å². The number of benzene rings is 1. The molecule has 0 radical (unpaired) electrons. The van der Waals surface area contributed by atoms with E-state index in [9.17, 15) is 14.0 Å². The molecule has 132 valence electrons. The quantitative estimate of drug-likeness (QED) is 0.847. The molecule has 2 aliphatic heterocycles. The lowest BCUT2D eigenvalue weighted by molar-refractivity contribution is -0.134. The van der Waals surface area contributed by atoms with Crippen LogP contribution < -0.4 is 10.2 Å². The number of aryl methyl sites for hydroxylation is 1. The zero-order valence-electron chi connectivity index (χ0n) is 14.2. The van der Waals surface area contributed by atoms with Crippen LogP contribution in [0.3, 0.4) is 0 Å². The van der Waals surface area contributed by atoms with Crippen LogP contribution in [0, 0.1) is 0 Å². The number of nitrogens with one attached hydrogen (secondary N) is 1. The molecule has 1 unspecified atom stereocenters. The van der Waals surface area contributed by atoms with E-state index in [4.69, 9.17) is 0 Å². The van der Waals surface area contributed by atoms with E-state index in [2.05, 4.69) is 15.3 Å². The van der Waals surface area contributed by atoms with Crippen LogP contribution in [-0.4, -0.2) is 40.9 Å². The van der Waals surface area contributed by atoms with Crippen molar-refractivity contribution in [2.24, 2.45) is 7.05 Å². The summed E-state index contributed by atoms with van der Waals surface area (Å²) in [7, 11) is 1.84. The molecule has 2 amide bonds. The van der Waals surface area contributed by atoms with Crippen LogP contribution in [0.15, 0.2) is 18.2 Å². The Kier molecular flexibility index (Phi) is 3.94. The van der Waals surface area contributed by atoms with Gasteiger partial charge in [0.1, 0.15) is 6.17 Å². The third-order valence-corrected chi connectivity index (χ3v) is 5.16. The first-order chi connectivity index (χ1) is 12.0. The van der Waals surface area contributed by atoms with E-state index in [1.165, 1.54) is 0 Å². The summed E-state index contributed by atoms with van der Waals surface area (Å²) in [5, 5.41) is 7.85. The molecule has 3 heterocycles. The number of fused-ring (bicyclic) bond motifs is 1. The van der Waals surface area contributed by atoms with Gasteiger partial charge in [-0.1, -0.05) is 0 Å². The Balaban J connectivity index is 1.69. The van der Waals surface area contributed by atoms with Crippen molar-refractivity contribution in [1.29, 1.82) is 0 Å². The Morgan fingerprint density at radius 3 is 2.88 bits per heavy atom. The Hall–Kier alpha value is -2.44. The van der Waals surface area contributed by atoms with Gasteiger partial charge in [-0.25, -0.2) is 4.39 Å². The minimum absolute atomic E-state index is 0.227. The summed E-state index contributed by atoms with van der Waals surface area (Å²) in [6, 6.07) is 5.94. The molecule has 0 spiro atoms. The molecule has 2 saturated heterocycles. The fourth-order valence-corrected chi connectivity index (χ4v) is 3.84. The predicted octanol–water partition coefficient (Wildman–Crippen LogP) is 2.03. The van der Waals surface area contributed by atoms with E-state index in [0.717, 1.165) is 29.6 Å². The first kappa shape index (κ1) is 16.1. The predicted molar refractivity (Wildman–Crippen MR) is 92.2 cm³/mol. The highest BCUT2D eigenvalue weighted by Gasteiger charge is 2.31. The molecule has 2 atom stereocenters. The molecule has 7 heteroatoms. The highest BCUT2D eigenvalue weighted by molar-refractivity contribution is 6.02. The van der Waals surface area contributed by atoms with Crippen molar-refractivity contribution in [1.82, 2.24) is 15.1 Å². The average molecular weight is 344 g/mol. The van der Waals surface area contributed by atoms with Crippen molar-refractivity contribution < 1.29 is 14.0 Å². The van der Waals surface area contributed by atoms with Crippen molar-refractivity contribution in [3.8, 4) is 0 Å². The zero-order valence-corrected chi connectivity index (χ0v) is 14.2. The first-order valence-electron chi connectivity index (χ1n) is 8.72. The molecule has 0 bridgehead atoms. The number of halogens is 1. The lowest BCUT2D eigenvalue weighted by Crippen LogP contribution is -2.39. The number of carbonyl (C=O) groups is 2. The molecule has 2 aromatic rings. The maximum Gasteiger partial charge on any atom is 0.235 e. The second kappa shape index (κ2) is 6.13. The minimum atomic E-state index is -0.782. The fraction of sp³-hybridized carbons (Fsp3) is 0.500. The summed E-state index contributed by atoms with van der Waals surface area (Å²) in [5.41, 5.74) is 2.60. The molecule has 0 saturated carbocycles. The van der Waals surface area contributed by atoms with Gasteiger partial charge in [-0.15, -0.1) is 0 Å². The maximum atomic E-state index is 13.7. The molecular weight excluding hydrogens is 323 g/mol. The van der Waals surface area contributed by atoms with Gasteiger partial charge < -0.3 is 4.90 Å². The molecule has 0 aliphatic carbocycles. The molecule has 1 aromatic heterocycles. The number of imide groups is 1. The fourth-order valence-electron chi connectivity index (χ4n) is 3.84. The summed E-state index contributed by atoms with van der Waals surface area (Å²) in [5.74, 6) is -0.913. The SMILES string of the molecule is Cn1nc(C2CCC(=O)NC2=O)c2ccc(N3CCC[C@@H](F)C3)cc21. The second-order valence-electron chi connectivity index (χ2n) is 6.90. The largest absolute Gasteiger partial charge is 0.369 e. The number of hydrogen-bond donors (Lipinski definition) is 1. The van der Waals surface area contributed by atoms with Crippen LogP contribution >= 0.6 is 0 Å². The summed E-state index contributed by atoms with van der Waals surface area (Å²) in [6.07, 6.45) is 1.51. The third-order valence-electron chi connectivity index (χ3n) is 5.16. The van der Waals surface area contributed by atoms with E-state index >= 15 is 0 Å². The van der Waals surface area contributed by atoms with Crippen LogP contribution in [0.1, 0.15) is 37.3 Å². The van der Waals surface area contributed by atoms with Crippen molar-refractivity contribution in [2.45, 2.75) is 37.8 Å². The van der Waals surface area contributed by atoms with Gasteiger partial charge in [0.25, 0.3) is 0 Å². The number of nitrogens with zero attached hydrogens (tertiary/aromatic N) is 3. The summed E-state index contributed by atoms with van der Waals surface area (Å²) >= 11 is 0. The number of hydrogen-bond acceptors (Lipinski definition) is 4. The number of carbonyl (C=O) groups excluding carboxylic acids is 2. The van der Waals surface area contributed by atoms with Crippen LogP contribution in [0.4, 0.5) is 10.1 Å². The second-order valence-corrected chi connectivity index (χ2v) is 6.90. The van der Waals surface area contributed by atoms with Crippen LogP contribution in [-0.2, 0) is 16.6 Å². The molecule has 6 nitrogen and oxygen atoms in total. The third kappa shape index (κ3) is 2.88. The number of rotatable bonds is 2. The molecule has 1 aromatic carbocycles. The van der Waals surface area contributed by atoms with E-state index in [0.29, 0.717) is 31.5 Å². The van der Waals surface area contributed by atoms with Gasteiger partial charge >= 0.3 is 0 Å². The smallest absolute Gasteiger partial charge is 0.235 e. The van der Waals surface area contributed by atoms with Gasteiger partial charge in [0, 0.05) is 37.6 Å². The number of piperidine rings is 2. The van der Waals surface area contributed by atoms with Crippen molar-refractivity contribution in [3.63, 3.8) is 0 Å². The lowest BCUT2D eigenvalue weighted by atomic mass is 9.92. The average Bonchev–Trinajstić information content (AvgIpc) is 2.91. The molecule has 2 aliphatic rings. The van der Waals surface area contributed by atoms with Gasteiger partial charge in [0.15, 0.2) is 0 Å². The molecule has 2 fully saturated rings. The topological polar surface area (TPSA) is 67.2 Å². The minimum Gasteiger partial charge on any atom is -0.369 e. The van der Waals surface area contributed by atoms with Gasteiger partial charge in [-0.3, -0.25) is 19.6 Å². The normalized spacial score (nSPS) is 24.6. The van der Waals surface area contributed by atoms with Gasteiger partial charge in [-0.2, -0.15) is 5.10 Å². The highest BCUT2D eigenvalue weighted by Crippen LogP contribution is 2.32. The van der Waals surface area contributed by atoms with Crippen LogP contribution in [0.5, 0.6) is 0 Å². The van der Waals surface area contributed by atoms with Crippen LogP contribution in [0.25, 0.3) is 10.9 Å². The Morgan fingerprint density at radius 1 is 1.28 bits per heavy atom. The van der Waals surface area contributed by atoms with Gasteiger partial charge in [0.05, 0.1) is 17.1 Å². The number of anilines is 1. The molecule has 25 heavy (non-hydrogen) atoms. The Bertz CT molecular complexity index is 847. The van der Waals surface area contributed by atoms with E-state index in [1.54, 1.807) is 4.68 Å². The summed E-state index contributed by atoms with van der Waals surface area (Å²) in [6.45, 7) is 1.27. The van der Waals surface area contributed by atoms with Crippen molar-refractivity contribution in [2.75, 3.05) is 18.0 Å². The maximum absolute atomic E-state index is 13.7. The lowest BCUT2D eigenvalue weighted by Gasteiger charge is -2.31. The van der Waals surface area contributed by atoms with E-state index in [1.807, 2.05) is 25.2 Å². The summed E-state index contributed by atoms with van der Waals surface area (Å²) < 4.78 is 15.5. The molecule has 4 rings (SSSR count). The summed E-state index contributed by atoms with van der Waals surface area (Å²) in [4.78, 5) is 25.6. The monoisotopic (exact) mass is 344 g/mol. The first-order valence-corrected chi connectivity index (χ1v) is 8.72. The highest BCUT2D eigenvalue weighted by atomic mass is 19.1. The van der Waals surface area contributed by atoms with Crippen molar-refractivity contribution >= 4 is 28.4 Å². The Labute approximate surface area is 145 Å². The van der Waals surface area contributed by atoms with E-state index < -0.39 is 12.1 Å². The molecule has 1 N–H and O–H groups in total. The standard InChI is InChI=1S/C18H21FN4O2/c1-22-15-9-12(23-8-2-3-11(19)10-23)4-5-13(15)17(21-22)14-6-7-16(24)20-18(14)25/h4-5,9,11,14H,2-3,6-8,10H2,1H3,(H,20,24,25)/t11-,14?/m1/s1. The van der Waals surface area contributed by atoms with Crippen LogP contribution in [0.2, 0.25) is 0 Å². The Morgan fingerprint density at radius 2 is 2.12 bits per heavy atom. The van der Waals surface area contributed by atoms with Gasteiger partial charge in [-0.05, 0) is 37.5 Å².